The van der Waals surface area contributed by atoms with Gasteiger partial charge in [0, 0.05) is 23.0 Å². The molecule has 2 N–H and O–H groups in total. The van der Waals surface area contributed by atoms with E-state index in [-0.39, 0.29) is 6.04 Å². The van der Waals surface area contributed by atoms with Crippen LogP contribution in [0.2, 0.25) is 5.02 Å². The number of rotatable bonds is 5. The molecule has 0 amide bonds. The molecule has 18 heavy (non-hydrogen) atoms. The fourth-order valence-corrected chi connectivity index (χ4v) is 1.77. The minimum Gasteiger partial charge on any atom is -0.339 e. The summed E-state index contributed by atoms with van der Waals surface area (Å²) in [5.41, 5.74) is 6.59. The first-order valence-corrected chi connectivity index (χ1v) is 6.37. The third-order valence-corrected chi connectivity index (χ3v) is 2.87. The van der Waals surface area contributed by atoms with Crippen molar-refractivity contribution in [2.45, 2.75) is 32.2 Å². The van der Waals surface area contributed by atoms with E-state index in [0.717, 1.165) is 24.8 Å². The maximum Gasteiger partial charge on any atom is 0.226 e. The summed E-state index contributed by atoms with van der Waals surface area (Å²) in [6.45, 7) is 1.99. The molecular formula is C13H16ClN3O. The van der Waals surface area contributed by atoms with Crippen molar-refractivity contribution in [3.05, 3.63) is 35.2 Å². The molecule has 2 aromatic rings. The number of hydrogen-bond acceptors (Lipinski definition) is 4. The predicted molar refractivity (Wildman–Crippen MR) is 71.3 cm³/mol. The van der Waals surface area contributed by atoms with Gasteiger partial charge in [0.05, 0.1) is 0 Å². The van der Waals surface area contributed by atoms with E-state index in [4.69, 9.17) is 21.9 Å². The Bertz CT molecular complexity index is 493. The minimum absolute atomic E-state index is 0.212. The van der Waals surface area contributed by atoms with Crippen LogP contribution in [0, 0.1) is 0 Å². The Morgan fingerprint density at radius 3 is 2.72 bits per heavy atom. The summed E-state index contributed by atoms with van der Waals surface area (Å²) in [7, 11) is 0. The van der Waals surface area contributed by atoms with Crippen LogP contribution < -0.4 is 5.73 Å². The highest BCUT2D eigenvalue weighted by Crippen LogP contribution is 2.19. The largest absolute Gasteiger partial charge is 0.339 e. The van der Waals surface area contributed by atoms with Crippen molar-refractivity contribution in [1.29, 1.82) is 0 Å². The first kappa shape index (κ1) is 13.1. The van der Waals surface area contributed by atoms with Crippen LogP contribution in [0.1, 0.15) is 25.7 Å². The molecule has 0 fully saturated rings. The van der Waals surface area contributed by atoms with Gasteiger partial charge in [0.15, 0.2) is 0 Å². The molecule has 0 spiro atoms. The van der Waals surface area contributed by atoms with Gasteiger partial charge in [-0.3, -0.25) is 0 Å². The topological polar surface area (TPSA) is 64.9 Å². The van der Waals surface area contributed by atoms with Gasteiger partial charge in [-0.25, -0.2) is 0 Å². The Balaban J connectivity index is 1.99. The monoisotopic (exact) mass is 265 g/mol. The number of aryl methyl sites for hydroxylation is 1. The summed E-state index contributed by atoms with van der Waals surface area (Å²) >= 11 is 5.83. The second kappa shape index (κ2) is 5.98. The molecule has 1 atom stereocenters. The Kier molecular flexibility index (Phi) is 4.33. The molecule has 0 aliphatic rings. The minimum atomic E-state index is 0.212. The van der Waals surface area contributed by atoms with Gasteiger partial charge in [0.25, 0.3) is 0 Å². The molecule has 4 nitrogen and oxygen atoms in total. The van der Waals surface area contributed by atoms with Gasteiger partial charge in [-0.1, -0.05) is 16.8 Å². The van der Waals surface area contributed by atoms with Crippen LogP contribution >= 0.6 is 11.6 Å². The summed E-state index contributed by atoms with van der Waals surface area (Å²) < 4.78 is 5.20. The zero-order valence-electron chi connectivity index (χ0n) is 10.3. The molecule has 1 aromatic heterocycles. The third-order valence-electron chi connectivity index (χ3n) is 2.62. The van der Waals surface area contributed by atoms with Gasteiger partial charge in [-0.05, 0) is 44.0 Å². The maximum atomic E-state index is 5.83. The van der Waals surface area contributed by atoms with Crippen molar-refractivity contribution < 1.29 is 4.52 Å². The molecule has 2 rings (SSSR count). The lowest BCUT2D eigenvalue weighted by Crippen LogP contribution is -2.14. The molecular weight excluding hydrogens is 250 g/mol. The van der Waals surface area contributed by atoms with Crippen molar-refractivity contribution in [2.75, 3.05) is 0 Å². The van der Waals surface area contributed by atoms with Crippen molar-refractivity contribution in [1.82, 2.24) is 10.1 Å². The summed E-state index contributed by atoms with van der Waals surface area (Å²) in [4.78, 5) is 4.35. The summed E-state index contributed by atoms with van der Waals surface area (Å²) in [5.74, 6) is 1.25. The SMILES string of the molecule is CC(N)CCCc1nc(-c2ccc(Cl)cc2)no1. The highest BCUT2D eigenvalue weighted by Gasteiger charge is 2.08. The quantitative estimate of drug-likeness (QED) is 0.902. The number of halogens is 1. The average Bonchev–Trinajstić information content (AvgIpc) is 2.78. The molecule has 1 aromatic carbocycles. The molecule has 5 heteroatoms. The van der Waals surface area contributed by atoms with Gasteiger partial charge >= 0.3 is 0 Å². The van der Waals surface area contributed by atoms with Crippen LogP contribution in [-0.2, 0) is 6.42 Å². The Labute approximate surface area is 111 Å². The zero-order valence-corrected chi connectivity index (χ0v) is 11.0. The van der Waals surface area contributed by atoms with E-state index in [0.29, 0.717) is 16.7 Å². The van der Waals surface area contributed by atoms with Crippen molar-refractivity contribution in [3.63, 3.8) is 0 Å². The Morgan fingerprint density at radius 2 is 2.06 bits per heavy atom. The molecule has 0 bridgehead atoms. The maximum absolute atomic E-state index is 5.83. The standard InChI is InChI=1S/C13H16ClN3O/c1-9(15)3-2-4-12-16-13(17-18-12)10-5-7-11(14)8-6-10/h5-9H,2-4,15H2,1H3. The Hall–Kier alpha value is -1.39. The van der Waals surface area contributed by atoms with Crippen molar-refractivity contribution >= 4 is 11.6 Å². The van der Waals surface area contributed by atoms with Crippen LogP contribution in [0.25, 0.3) is 11.4 Å². The van der Waals surface area contributed by atoms with Crippen LogP contribution in [0.5, 0.6) is 0 Å². The van der Waals surface area contributed by atoms with Gasteiger partial charge in [-0.15, -0.1) is 0 Å². The molecule has 96 valence electrons. The third kappa shape index (κ3) is 3.55. The highest BCUT2D eigenvalue weighted by atomic mass is 35.5. The van der Waals surface area contributed by atoms with Gasteiger partial charge in [0.2, 0.25) is 11.7 Å². The van der Waals surface area contributed by atoms with Gasteiger partial charge < -0.3 is 10.3 Å². The number of hydrogen-bond donors (Lipinski definition) is 1. The normalized spacial score (nSPS) is 12.6. The first-order valence-electron chi connectivity index (χ1n) is 5.99. The molecule has 0 aliphatic heterocycles. The van der Waals surface area contributed by atoms with E-state index in [1.807, 2.05) is 31.2 Å². The van der Waals surface area contributed by atoms with Crippen molar-refractivity contribution in [3.8, 4) is 11.4 Å². The Morgan fingerprint density at radius 1 is 1.33 bits per heavy atom. The fraction of sp³-hybridized carbons (Fsp3) is 0.385. The number of nitrogens with two attached hydrogens (primary N) is 1. The lowest BCUT2D eigenvalue weighted by molar-refractivity contribution is 0.373. The predicted octanol–water partition coefficient (Wildman–Crippen LogP) is 3.06. The van der Waals surface area contributed by atoms with E-state index in [1.54, 1.807) is 0 Å². The molecule has 1 unspecified atom stereocenters. The first-order chi connectivity index (χ1) is 8.65. The van der Waals surface area contributed by atoms with E-state index < -0.39 is 0 Å². The number of aromatic nitrogens is 2. The van der Waals surface area contributed by atoms with Crippen LogP contribution in [0.15, 0.2) is 28.8 Å². The highest BCUT2D eigenvalue weighted by molar-refractivity contribution is 6.30. The summed E-state index contributed by atoms with van der Waals surface area (Å²) in [5, 5.41) is 4.65. The lowest BCUT2D eigenvalue weighted by Gasteiger charge is -2.00. The summed E-state index contributed by atoms with van der Waals surface area (Å²) in [6.07, 6.45) is 2.68. The van der Waals surface area contributed by atoms with E-state index >= 15 is 0 Å². The molecule has 0 aliphatic carbocycles. The molecule has 1 heterocycles. The second-order valence-corrected chi connectivity index (χ2v) is 4.82. The summed E-state index contributed by atoms with van der Waals surface area (Å²) in [6, 6.07) is 7.58. The smallest absolute Gasteiger partial charge is 0.226 e. The van der Waals surface area contributed by atoms with Gasteiger partial charge in [-0.2, -0.15) is 4.98 Å². The number of nitrogens with zero attached hydrogens (tertiary/aromatic N) is 2. The van der Waals surface area contributed by atoms with E-state index in [1.165, 1.54) is 0 Å². The fourth-order valence-electron chi connectivity index (χ4n) is 1.65. The second-order valence-electron chi connectivity index (χ2n) is 4.39. The molecule has 0 saturated carbocycles. The van der Waals surface area contributed by atoms with Crippen molar-refractivity contribution in [2.24, 2.45) is 5.73 Å². The van der Waals surface area contributed by atoms with Crippen LogP contribution in [0.3, 0.4) is 0 Å². The van der Waals surface area contributed by atoms with Crippen LogP contribution in [-0.4, -0.2) is 16.2 Å². The van der Waals surface area contributed by atoms with E-state index in [9.17, 15) is 0 Å². The van der Waals surface area contributed by atoms with Crippen LogP contribution in [0.4, 0.5) is 0 Å². The lowest BCUT2D eigenvalue weighted by atomic mass is 10.1. The van der Waals surface area contributed by atoms with Gasteiger partial charge in [0.1, 0.15) is 0 Å². The zero-order chi connectivity index (χ0) is 13.0. The molecule has 0 saturated heterocycles. The van der Waals surface area contributed by atoms with E-state index in [2.05, 4.69) is 10.1 Å². The molecule has 0 radical (unpaired) electrons. The number of benzene rings is 1. The average molecular weight is 266 g/mol.